The van der Waals surface area contributed by atoms with Gasteiger partial charge in [-0.2, -0.15) is 0 Å². The molecule has 6 nitrogen and oxygen atoms in total. The number of hydrogen-bond acceptors (Lipinski definition) is 6. The highest BCUT2D eigenvalue weighted by molar-refractivity contribution is 5.71. The van der Waals surface area contributed by atoms with E-state index in [0.29, 0.717) is 19.3 Å². The highest BCUT2D eigenvalue weighted by atomic mass is 16.6. The standard InChI is InChI=1S/C65H102O6/c1-4-7-10-13-16-19-22-25-28-30-32-34-37-40-43-46-49-52-55-58-64(67)70-61-62(60-69-63(66)57-54-51-48-45-42-39-36-27-24-21-18-15-12-9-6-3)71-65(68)59-56-53-50-47-44-41-38-35-33-31-29-26-23-20-17-14-11-8-5-2/h16-21,25-29,32-36,40-45,50,53,62H,4-15,22-24,30-31,37-39,46-49,51-52,54-61H2,1-3H3/b19-16-,20-17-,21-18-,28-25-,29-26-,34-32-,35-33-,36-27-,43-40-,44-41-,45-42-,53-50-/t62-/m0/s1. The first kappa shape index (κ1) is 66.3. The van der Waals surface area contributed by atoms with Crippen molar-refractivity contribution in [2.24, 2.45) is 0 Å². The van der Waals surface area contributed by atoms with E-state index in [2.05, 4.69) is 154 Å². The Bertz CT molecular complexity index is 1590. The fraction of sp³-hybridized carbons (Fsp3) is 0.585. The third kappa shape index (κ3) is 56.1. The summed E-state index contributed by atoms with van der Waals surface area (Å²) >= 11 is 0. The SMILES string of the molecule is CCCCC/C=C\C/C=C\C/C=C\C/C=C\C/C=C\CCC(=O)O[C@@H](COC(=O)CCCC/C=C\C/C=C\C/C=C\CCCCC)COC(=O)CCCCC/C=C\C/C=C\C/C=C\C/C=C\CCCCC. The fourth-order valence-corrected chi connectivity index (χ4v) is 7.00. The Balaban J connectivity index is 4.65. The van der Waals surface area contributed by atoms with E-state index in [0.717, 1.165) is 96.3 Å². The Morgan fingerprint density at radius 2 is 0.535 bits per heavy atom. The first-order chi connectivity index (χ1) is 35.0. The summed E-state index contributed by atoms with van der Waals surface area (Å²) < 4.78 is 16.7. The van der Waals surface area contributed by atoms with Crippen molar-refractivity contribution in [3.8, 4) is 0 Å². The molecule has 0 aromatic carbocycles. The molecular formula is C65H102O6. The van der Waals surface area contributed by atoms with Crippen LogP contribution in [0.4, 0.5) is 0 Å². The van der Waals surface area contributed by atoms with Gasteiger partial charge >= 0.3 is 17.9 Å². The maximum Gasteiger partial charge on any atom is 0.306 e. The van der Waals surface area contributed by atoms with Crippen LogP contribution in [-0.2, 0) is 28.6 Å². The second-order valence-electron chi connectivity index (χ2n) is 18.1. The minimum Gasteiger partial charge on any atom is -0.462 e. The van der Waals surface area contributed by atoms with E-state index in [-0.39, 0.29) is 38.0 Å². The van der Waals surface area contributed by atoms with Gasteiger partial charge in [-0.15, -0.1) is 0 Å². The maximum atomic E-state index is 12.8. The molecule has 0 unspecified atom stereocenters. The maximum absolute atomic E-state index is 12.8. The van der Waals surface area contributed by atoms with Crippen molar-refractivity contribution in [2.45, 2.75) is 232 Å². The third-order valence-electron chi connectivity index (χ3n) is 11.3. The van der Waals surface area contributed by atoms with Crippen molar-refractivity contribution in [1.29, 1.82) is 0 Å². The normalized spacial score (nSPS) is 13.2. The van der Waals surface area contributed by atoms with Crippen molar-refractivity contribution >= 4 is 17.9 Å². The Hall–Kier alpha value is -4.71. The largest absolute Gasteiger partial charge is 0.462 e. The highest BCUT2D eigenvalue weighted by Crippen LogP contribution is 2.10. The zero-order chi connectivity index (χ0) is 51.4. The van der Waals surface area contributed by atoms with Gasteiger partial charge in [0, 0.05) is 19.3 Å². The van der Waals surface area contributed by atoms with Crippen molar-refractivity contribution in [1.82, 2.24) is 0 Å². The van der Waals surface area contributed by atoms with Gasteiger partial charge in [-0.1, -0.05) is 212 Å². The van der Waals surface area contributed by atoms with Gasteiger partial charge in [0.25, 0.3) is 0 Å². The minimum atomic E-state index is -0.854. The number of carbonyl (C=O) groups is 3. The molecule has 1 atom stereocenters. The van der Waals surface area contributed by atoms with Gasteiger partial charge in [-0.25, -0.2) is 0 Å². The van der Waals surface area contributed by atoms with Crippen LogP contribution in [0.15, 0.2) is 146 Å². The van der Waals surface area contributed by atoms with E-state index < -0.39 is 12.1 Å². The van der Waals surface area contributed by atoms with Crippen LogP contribution < -0.4 is 0 Å². The van der Waals surface area contributed by atoms with Crippen molar-refractivity contribution < 1.29 is 28.6 Å². The summed E-state index contributed by atoms with van der Waals surface area (Å²) in [5.41, 5.74) is 0. The van der Waals surface area contributed by atoms with Crippen LogP contribution in [0.25, 0.3) is 0 Å². The zero-order valence-electron chi connectivity index (χ0n) is 45.4. The molecule has 0 aromatic heterocycles. The van der Waals surface area contributed by atoms with E-state index in [4.69, 9.17) is 14.2 Å². The van der Waals surface area contributed by atoms with Gasteiger partial charge in [0.15, 0.2) is 6.10 Å². The molecule has 0 aliphatic heterocycles. The summed E-state index contributed by atoms with van der Waals surface area (Å²) in [4.78, 5) is 38.1. The Kier molecular flexibility index (Phi) is 54.0. The van der Waals surface area contributed by atoms with Gasteiger partial charge in [-0.3, -0.25) is 14.4 Å². The van der Waals surface area contributed by atoms with Crippen molar-refractivity contribution in [2.75, 3.05) is 13.2 Å². The molecule has 0 heterocycles. The molecule has 0 aliphatic carbocycles. The van der Waals surface area contributed by atoms with Crippen LogP contribution in [0, 0.1) is 0 Å². The number of hydrogen-bond donors (Lipinski definition) is 0. The Labute approximate surface area is 436 Å². The van der Waals surface area contributed by atoms with Gasteiger partial charge in [0.2, 0.25) is 0 Å². The van der Waals surface area contributed by atoms with Crippen LogP contribution in [0.5, 0.6) is 0 Å². The molecular weight excluding hydrogens is 877 g/mol. The highest BCUT2D eigenvalue weighted by Gasteiger charge is 2.19. The van der Waals surface area contributed by atoms with Crippen LogP contribution >= 0.6 is 0 Å². The molecule has 0 radical (unpaired) electrons. The van der Waals surface area contributed by atoms with Crippen molar-refractivity contribution in [3.05, 3.63) is 146 Å². The van der Waals surface area contributed by atoms with E-state index >= 15 is 0 Å². The molecule has 0 aromatic rings. The second-order valence-corrected chi connectivity index (χ2v) is 18.1. The zero-order valence-corrected chi connectivity index (χ0v) is 45.4. The molecule has 6 heteroatoms. The predicted molar refractivity (Wildman–Crippen MR) is 306 cm³/mol. The molecule has 398 valence electrons. The van der Waals surface area contributed by atoms with Crippen LogP contribution in [0.2, 0.25) is 0 Å². The second kappa shape index (κ2) is 57.9. The van der Waals surface area contributed by atoms with Crippen LogP contribution in [0.3, 0.4) is 0 Å². The molecule has 0 aliphatic rings. The Morgan fingerprint density at radius 3 is 0.845 bits per heavy atom. The summed E-state index contributed by atoms with van der Waals surface area (Å²) in [6.45, 7) is 6.41. The molecule has 0 amide bonds. The van der Waals surface area contributed by atoms with E-state index in [1.165, 1.54) is 77.0 Å². The van der Waals surface area contributed by atoms with E-state index in [9.17, 15) is 14.4 Å². The topological polar surface area (TPSA) is 78.9 Å². The lowest BCUT2D eigenvalue weighted by molar-refractivity contribution is -0.166. The first-order valence-corrected chi connectivity index (χ1v) is 28.3. The molecule has 0 spiro atoms. The number of ether oxygens (including phenoxy) is 3. The van der Waals surface area contributed by atoms with Gasteiger partial charge in [0.1, 0.15) is 13.2 Å². The first-order valence-electron chi connectivity index (χ1n) is 28.3. The summed E-state index contributed by atoms with van der Waals surface area (Å²) in [5.74, 6) is -1.10. The number of rotatable bonds is 49. The smallest absolute Gasteiger partial charge is 0.306 e. The summed E-state index contributed by atoms with van der Waals surface area (Å²) in [6, 6.07) is 0. The van der Waals surface area contributed by atoms with E-state index in [1.54, 1.807) is 0 Å². The van der Waals surface area contributed by atoms with Crippen LogP contribution in [0.1, 0.15) is 226 Å². The minimum absolute atomic E-state index is 0.142. The Morgan fingerprint density at radius 1 is 0.282 bits per heavy atom. The van der Waals surface area contributed by atoms with Gasteiger partial charge in [0.05, 0.1) is 0 Å². The number of unbranched alkanes of at least 4 members (excludes halogenated alkanes) is 14. The molecule has 0 rings (SSSR count). The molecule has 0 bridgehead atoms. The third-order valence-corrected chi connectivity index (χ3v) is 11.3. The average Bonchev–Trinajstić information content (AvgIpc) is 3.37. The molecule has 0 N–H and O–H groups in total. The lowest BCUT2D eigenvalue weighted by atomic mass is 10.1. The fourth-order valence-electron chi connectivity index (χ4n) is 7.00. The van der Waals surface area contributed by atoms with Gasteiger partial charge in [-0.05, 0) is 141 Å². The molecule has 0 saturated heterocycles. The van der Waals surface area contributed by atoms with Crippen LogP contribution in [-0.4, -0.2) is 37.2 Å². The number of allylic oxidation sites excluding steroid dienone is 24. The number of esters is 3. The molecule has 0 fully saturated rings. The van der Waals surface area contributed by atoms with Gasteiger partial charge < -0.3 is 14.2 Å². The van der Waals surface area contributed by atoms with Crippen molar-refractivity contribution in [3.63, 3.8) is 0 Å². The average molecular weight is 980 g/mol. The quantitative estimate of drug-likeness (QED) is 0.0262. The summed E-state index contributed by atoms with van der Waals surface area (Å²) in [7, 11) is 0. The summed E-state index contributed by atoms with van der Waals surface area (Å²) in [6.07, 6.45) is 82.7. The monoisotopic (exact) mass is 979 g/mol. The lowest BCUT2D eigenvalue weighted by Gasteiger charge is -2.18. The molecule has 71 heavy (non-hydrogen) atoms. The summed E-state index contributed by atoms with van der Waals surface area (Å²) in [5, 5.41) is 0. The lowest BCUT2D eigenvalue weighted by Crippen LogP contribution is -2.30. The number of carbonyl (C=O) groups excluding carboxylic acids is 3. The molecule has 0 saturated carbocycles. The predicted octanol–water partition coefficient (Wildman–Crippen LogP) is 19.2. The van der Waals surface area contributed by atoms with E-state index in [1.807, 2.05) is 12.2 Å².